The summed E-state index contributed by atoms with van der Waals surface area (Å²) in [6, 6.07) is 1.84. The van der Waals surface area contributed by atoms with Crippen LogP contribution in [0.1, 0.15) is 26.6 Å². The van der Waals surface area contributed by atoms with Crippen molar-refractivity contribution in [2.24, 2.45) is 0 Å². The summed E-state index contributed by atoms with van der Waals surface area (Å²) < 4.78 is 5.08. The molecule has 2 N–H and O–H groups in total. The number of piperazine rings is 1. The van der Waals surface area contributed by atoms with Crippen molar-refractivity contribution < 1.29 is 4.74 Å². The van der Waals surface area contributed by atoms with E-state index in [0.717, 1.165) is 32.0 Å². The van der Waals surface area contributed by atoms with Gasteiger partial charge in [-0.2, -0.15) is 0 Å². The highest BCUT2D eigenvalue weighted by Gasteiger charge is 2.26. The molecule has 0 amide bonds. The average Bonchev–Trinajstić information content (AvgIpc) is 2.37. The van der Waals surface area contributed by atoms with Gasteiger partial charge in [0.05, 0.1) is 0 Å². The molecule has 1 saturated heterocycles. The fourth-order valence-corrected chi connectivity index (χ4v) is 2.47. The first-order valence-electron chi connectivity index (χ1n) is 7.02. The van der Waals surface area contributed by atoms with Crippen molar-refractivity contribution in [3.05, 3.63) is 11.9 Å². The van der Waals surface area contributed by atoms with Crippen molar-refractivity contribution in [2.75, 3.05) is 43.9 Å². The van der Waals surface area contributed by atoms with Gasteiger partial charge in [-0.1, -0.05) is 0 Å². The number of rotatable bonds is 3. The molecule has 6 heteroatoms. The topological polar surface area (TPSA) is 67.5 Å². The van der Waals surface area contributed by atoms with Crippen molar-refractivity contribution in [3.63, 3.8) is 0 Å². The average molecular weight is 279 g/mol. The number of methoxy groups -OCH3 is 1. The smallest absolute Gasteiger partial charge is 0.158 e. The van der Waals surface area contributed by atoms with Gasteiger partial charge in [-0.05, 0) is 20.8 Å². The molecule has 6 nitrogen and oxygen atoms in total. The van der Waals surface area contributed by atoms with Crippen molar-refractivity contribution >= 4 is 11.6 Å². The number of nitrogens with zero attached hydrogens (tertiary/aromatic N) is 4. The maximum Gasteiger partial charge on any atom is 0.158 e. The van der Waals surface area contributed by atoms with Gasteiger partial charge < -0.3 is 15.4 Å². The number of nitrogens with two attached hydrogens (primary N) is 1. The minimum atomic E-state index is 0.220. The first-order chi connectivity index (χ1) is 9.40. The Balaban J connectivity index is 2.07. The largest absolute Gasteiger partial charge is 0.384 e. The molecular formula is C14H25N5O. The molecule has 2 heterocycles. The van der Waals surface area contributed by atoms with Crippen LogP contribution in [0.3, 0.4) is 0 Å². The second kappa shape index (κ2) is 5.93. The molecule has 0 saturated carbocycles. The van der Waals surface area contributed by atoms with Crippen LogP contribution in [0.5, 0.6) is 0 Å². The standard InChI is InChI=1S/C14H25N5O/c1-14(2,3)19-7-5-18(6-8-19)13-9-11(15)16-12(17-13)10-20-4/h9H,5-8,10H2,1-4H3,(H2,15,16,17). The number of hydrogen-bond donors (Lipinski definition) is 1. The van der Waals surface area contributed by atoms with E-state index in [9.17, 15) is 0 Å². The van der Waals surface area contributed by atoms with Crippen LogP contribution in [0, 0.1) is 0 Å². The van der Waals surface area contributed by atoms with Crippen LogP contribution < -0.4 is 10.6 Å². The first-order valence-corrected chi connectivity index (χ1v) is 7.02. The van der Waals surface area contributed by atoms with Crippen LogP contribution in [-0.4, -0.2) is 53.7 Å². The highest BCUT2D eigenvalue weighted by Crippen LogP contribution is 2.20. The maximum atomic E-state index is 5.85. The summed E-state index contributed by atoms with van der Waals surface area (Å²) in [5.41, 5.74) is 6.07. The van der Waals surface area contributed by atoms with E-state index >= 15 is 0 Å². The normalized spacial score (nSPS) is 17.5. The van der Waals surface area contributed by atoms with Crippen LogP contribution in [0.15, 0.2) is 6.07 Å². The van der Waals surface area contributed by atoms with E-state index in [4.69, 9.17) is 10.5 Å². The van der Waals surface area contributed by atoms with Crippen molar-refractivity contribution in [3.8, 4) is 0 Å². The zero-order chi connectivity index (χ0) is 14.8. The van der Waals surface area contributed by atoms with Gasteiger partial charge in [0.2, 0.25) is 0 Å². The zero-order valence-corrected chi connectivity index (χ0v) is 12.9. The quantitative estimate of drug-likeness (QED) is 0.894. The van der Waals surface area contributed by atoms with Crippen molar-refractivity contribution in [1.82, 2.24) is 14.9 Å². The number of anilines is 2. The van der Waals surface area contributed by atoms with Crippen LogP contribution in [0.25, 0.3) is 0 Å². The Hall–Kier alpha value is -1.40. The minimum absolute atomic E-state index is 0.220. The Morgan fingerprint density at radius 3 is 2.40 bits per heavy atom. The minimum Gasteiger partial charge on any atom is -0.384 e. The number of nitrogen functional groups attached to an aromatic ring is 1. The van der Waals surface area contributed by atoms with Crippen LogP contribution in [0.4, 0.5) is 11.6 Å². The van der Waals surface area contributed by atoms with Crippen molar-refractivity contribution in [2.45, 2.75) is 32.9 Å². The van der Waals surface area contributed by atoms with Gasteiger partial charge in [0, 0.05) is 44.9 Å². The van der Waals surface area contributed by atoms with Crippen LogP contribution in [-0.2, 0) is 11.3 Å². The molecule has 1 aliphatic rings. The van der Waals surface area contributed by atoms with E-state index < -0.39 is 0 Å². The van der Waals surface area contributed by atoms with E-state index in [1.807, 2.05) is 6.07 Å². The van der Waals surface area contributed by atoms with Gasteiger partial charge in [-0.3, -0.25) is 4.90 Å². The van der Waals surface area contributed by atoms with E-state index in [-0.39, 0.29) is 5.54 Å². The Kier molecular flexibility index (Phi) is 4.45. The first kappa shape index (κ1) is 15.0. The Bertz CT molecular complexity index is 449. The third-order valence-corrected chi connectivity index (χ3v) is 3.60. The zero-order valence-electron chi connectivity index (χ0n) is 12.9. The molecule has 1 aromatic rings. The van der Waals surface area contributed by atoms with E-state index in [2.05, 4.69) is 40.5 Å². The molecular weight excluding hydrogens is 254 g/mol. The van der Waals surface area contributed by atoms with Gasteiger partial charge in [-0.15, -0.1) is 0 Å². The molecule has 1 aromatic heterocycles. The summed E-state index contributed by atoms with van der Waals surface area (Å²) in [6.07, 6.45) is 0. The molecule has 2 rings (SSSR count). The fourth-order valence-electron chi connectivity index (χ4n) is 2.47. The fraction of sp³-hybridized carbons (Fsp3) is 0.714. The highest BCUT2D eigenvalue weighted by molar-refractivity contribution is 5.47. The molecule has 112 valence electrons. The summed E-state index contributed by atoms with van der Waals surface area (Å²) in [4.78, 5) is 13.5. The van der Waals surface area contributed by atoms with Crippen LogP contribution in [0.2, 0.25) is 0 Å². The number of hydrogen-bond acceptors (Lipinski definition) is 6. The predicted octanol–water partition coefficient (Wildman–Crippen LogP) is 1.13. The summed E-state index contributed by atoms with van der Waals surface area (Å²) in [7, 11) is 1.63. The number of aromatic nitrogens is 2. The maximum absolute atomic E-state index is 5.85. The molecule has 20 heavy (non-hydrogen) atoms. The third-order valence-electron chi connectivity index (χ3n) is 3.60. The monoisotopic (exact) mass is 279 g/mol. The Morgan fingerprint density at radius 1 is 1.20 bits per heavy atom. The Morgan fingerprint density at radius 2 is 1.85 bits per heavy atom. The molecule has 0 atom stereocenters. The predicted molar refractivity (Wildman–Crippen MR) is 80.7 cm³/mol. The van der Waals surface area contributed by atoms with Gasteiger partial charge >= 0.3 is 0 Å². The molecule has 0 aliphatic carbocycles. The van der Waals surface area contributed by atoms with E-state index in [1.165, 1.54) is 0 Å². The molecule has 0 radical (unpaired) electrons. The lowest BCUT2D eigenvalue weighted by Gasteiger charge is -2.42. The molecule has 1 aliphatic heterocycles. The summed E-state index contributed by atoms with van der Waals surface area (Å²) >= 11 is 0. The SMILES string of the molecule is COCc1nc(N)cc(N2CCN(C(C)(C)C)CC2)n1. The lowest BCUT2D eigenvalue weighted by Crippen LogP contribution is -2.53. The molecule has 0 spiro atoms. The summed E-state index contributed by atoms with van der Waals surface area (Å²) in [5, 5.41) is 0. The van der Waals surface area contributed by atoms with Gasteiger partial charge in [0.1, 0.15) is 18.2 Å². The molecule has 1 fully saturated rings. The molecule has 0 aromatic carbocycles. The molecule has 0 bridgehead atoms. The van der Waals surface area contributed by atoms with Gasteiger partial charge in [-0.25, -0.2) is 9.97 Å². The number of ether oxygens (including phenoxy) is 1. The lowest BCUT2D eigenvalue weighted by atomic mass is 10.1. The van der Waals surface area contributed by atoms with Gasteiger partial charge in [0.25, 0.3) is 0 Å². The van der Waals surface area contributed by atoms with Crippen molar-refractivity contribution in [1.29, 1.82) is 0 Å². The highest BCUT2D eigenvalue weighted by atomic mass is 16.5. The van der Waals surface area contributed by atoms with E-state index in [1.54, 1.807) is 7.11 Å². The summed E-state index contributed by atoms with van der Waals surface area (Å²) in [5.74, 6) is 2.04. The van der Waals surface area contributed by atoms with E-state index in [0.29, 0.717) is 18.2 Å². The van der Waals surface area contributed by atoms with Crippen LogP contribution >= 0.6 is 0 Å². The lowest BCUT2D eigenvalue weighted by molar-refractivity contribution is 0.128. The van der Waals surface area contributed by atoms with Gasteiger partial charge in [0.15, 0.2) is 5.82 Å². The molecule has 0 unspecified atom stereocenters. The Labute approximate surface area is 120 Å². The second-order valence-corrected chi connectivity index (χ2v) is 6.15. The summed E-state index contributed by atoms with van der Waals surface area (Å²) in [6.45, 7) is 11.1. The third kappa shape index (κ3) is 3.58. The second-order valence-electron chi connectivity index (χ2n) is 6.15.